The summed E-state index contributed by atoms with van der Waals surface area (Å²) in [5.41, 5.74) is 5.14. The Morgan fingerprint density at radius 3 is 1.76 bits per heavy atom. The van der Waals surface area contributed by atoms with E-state index >= 15 is 0 Å². The third-order valence-corrected chi connectivity index (χ3v) is 8.96. The smallest absolute Gasteiger partial charge is 0 e. The number of halogens is 2. The molecule has 190 valence electrons. The average molecular weight is 758 g/mol. The Hall–Kier alpha value is 1.77. The van der Waals surface area contributed by atoms with E-state index in [1.165, 1.54) is 31.3 Å². The van der Waals surface area contributed by atoms with Crippen LogP contribution in [0.3, 0.4) is 0 Å². The van der Waals surface area contributed by atoms with Crippen LogP contribution in [0.2, 0.25) is 0 Å². The summed E-state index contributed by atoms with van der Waals surface area (Å²) in [6.45, 7) is 18.6. The first kappa shape index (κ1) is 34.8. The molecular weight excluding hydrogens is 712 g/mol. The number of allylic oxidation sites excluding steroid dienone is 5. The number of aliphatic hydroxyl groups excluding tert-OH is 2. The van der Waals surface area contributed by atoms with E-state index in [-0.39, 0.29) is 30.6 Å². The maximum absolute atomic E-state index is 9.28. The van der Waals surface area contributed by atoms with Crippen molar-refractivity contribution in [1.82, 2.24) is 0 Å². The molecule has 1 fully saturated rings. The van der Waals surface area contributed by atoms with Gasteiger partial charge in [-0.3, -0.25) is 0 Å². The van der Waals surface area contributed by atoms with Crippen molar-refractivity contribution in [3.05, 3.63) is 34.9 Å². The van der Waals surface area contributed by atoms with E-state index in [0.29, 0.717) is 32.8 Å². The summed E-state index contributed by atoms with van der Waals surface area (Å²) >= 11 is 4.74. The van der Waals surface area contributed by atoms with Gasteiger partial charge in [-0.2, -0.15) is 0 Å². The second-order valence-electron chi connectivity index (χ2n) is 11.5. The quantitative estimate of drug-likeness (QED) is 0.211. The van der Waals surface area contributed by atoms with Gasteiger partial charge in [0.15, 0.2) is 0 Å². The fourth-order valence-corrected chi connectivity index (χ4v) is 5.00. The van der Waals surface area contributed by atoms with Crippen molar-refractivity contribution >= 4 is 40.0 Å². The van der Waals surface area contributed by atoms with Gasteiger partial charge in [-0.1, -0.05) is 69.6 Å². The van der Waals surface area contributed by atoms with Crippen molar-refractivity contribution < 1.29 is 38.2 Å². The van der Waals surface area contributed by atoms with Gasteiger partial charge in [0.1, 0.15) is 0 Å². The standard InChI is InChI=1S/C14H24O.C13H22O.2HI.2V/c1-10-5-6-11(13(10,2)3)7-12-8-14(12,4)9-15;1-10(9-14)5-7-12-8-6-11(2)13(12,3)4;;;;/h5,11-12,15H,6-9H2,1-4H3;5-6,12,14H,7-9H2,1-4H3;2*1H;;/q;;;;;+2/p-2/b;10-5+;;;;/t11-,12?,14?;12-;;;;/m10..../s1. The van der Waals surface area contributed by atoms with Crippen LogP contribution in [0.1, 0.15) is 87.5 Å². The molecule has 0 bridgehead atoms. The maximum Gasteiger partial charge on any atom is 0 e. The van der Waals surface area contributed by atoms with Crippen LogP contribution < -0.4 is 0 Å². The Kier molecular flexibility index (Phi) is 16.1. The van der Waals surface area contributed by atoms with Crippen LogP contribution in [0.15, 0.2) is 34.9 Å². The minimum Gasteiger partial charge on any atom is 0 e. The average Bonchev–Trinajstić information content (AvgIpc) is 3.22. The first-order chi connectivity index (χ1) is 14.8. The molecule has 6 heteroatoms. The van der Waals surface area contributed by atoms with Crippen LogP contribution in [-0.4, -0.2) is 23.4 Å². The topological polar surface area (TPSA) is 40.5 Å². The molecule has 1 radical (unpaired) electrons. The molecule has 0 aromatic heterocycles. The summed E-state index contributed by atoms with van der Waals surface area (Å²) in [6.07, 6.45) is 13.0. The van der Waals surface area contributed by atoms with Gasteiger partial charge in [0.2, 0.25) is 0 Å². The molecule has 2 nitrogen and oxygen atoms in total. The second kappa shape index (κ2) is 15.2. The van der Waals surface area contributed by atoms with Gasteiger partial charge in [-0.15, -0.1) is 0 Å². The Bertz CT molecular complexity index is 700. The third kappa shape index (κ3) is 9.87. The normalized spacial score (nSPS) is 31.2. The van der Waals surface area contributed by atoms with Crippen LogP contribution in [0.4, 0.5) is 0 Å². The van der Waals surface area contributed by atoms with Gasteiger partial charge in [-0.25, -0.2) is 0 Å². The molecule has 0 spiro atoms. The predicted molar refractivity (Wildman–Crippen MR) is 153 cm³/mol. The molecule has 3 rings (SSSR count). The van der Waals surface area contributed by atoms with Crippen molar-refractivity contribution in [3.8, 4) is 0 Å². The first-order valence-electron chi connectivity index (χ1n) is 11.9. The largest absolute Gasteiger partial charge is 0 e. The van der Waals surface area contributed by atoms with Crippen molar-refractivity contribution in [1.29, 1.82) is 0 Å². The summed E-state index contributed by atoms with van der Waals surface area (Å²) in [6, 6.07) is 0. The van der Waals surface area contributed by atoms with Gasteiger partial charge in [0.05, 0.1) is 6.61 Å². The second-order valence-corrected chi connectivity index (χ2v) is 23.3. The summed E-state index contributed by atoms with van der Waals surface area (Å²) in [5, 5.41) is 18.2. The maximum atomic E-state index is 9.28. The number of rotatable bonds is 6. The Labute approximate surface area is 245 Å². The van der Waals surface area contributed by atoms with Crippen LogP contribution >= 0.6 is 40.0 Å². The summed E-state index contributed by atoms with van der Waals surface area (Å²) in [5.74, 6) is 2.28. The summed E-state index contributed by atoms with van der Waals surface area (Å²) < 4.78 is 0. The number of hydrogen-bond acceptors (Lipinski definition) is 2. The van der Waals surface area contributed by atoms with Crippen molar-refractivity contribution in [2.75, 3.05) is 13.2 Å². The molecule has 0 saturated heterocycles. The molecule has 4 atom stereocenters. The van der Waals surface area contributed by atoms with E-state index in [9.17, 15) is 5.11 Å². The first-order valence-corrected chi connectivity index (χ1v) is 20.9. The van der Waals surface area contributed by atoms with Crippen LogP contribution in [0.5, 0.6) is 0 Å². The van der Waals surface area contributed by atoms with Gasteiger partial charge in [-0.05, 0) is 86.9 Å². The van der Waals surface area contributed by atoms with E-state index in [1.54, 1.807) is 5.57 Å². The van der Waals surface area contributed by atoms with Crippen molar-refractivity contribution in [2.45, 2.75) is 87.5 Å². The van der Waals surface area contributed by atoms with Crippen molar-refractivity contribution in [3.63, 3.8) is 0 Å². The minimum atomic E-state index is 0. The van der Waals surface area contributed by atoms with Gasteiger partial charge in [0, 0.05) is 25.2 Å². The zero-order valence-electron chi connectivity index (χ0n) is 22.0. The van der Waals surface area contributed by atoms with E-state index in [1.807, 2.05) is 6.92 Å². The Morgan fingerprint density at radius 1 is 0.970 bits per heavy atom. The zero-order valence-corrected chi connectivity index (χ0v) is 29.1. The predicted octanol–water partition coefficient (Wildman–Crippen LogP) is 8.46. The molecule has 3 aliphatic carbocycles. The fraction of sp³-hybridized carbons (Fsp3) is 0.778. The molecule has 3 aliphatic rings. The van der Waals surface area contributed by atoms with Crippen LogP contribution in [0.25, 0.3) is 0 Å². The monoisotopic (exact) mass is 758 g/mol. The van der Waals surface area contributed by atoms with Gasteiger partial charge in [0.25, 0.3) is 0 Å². The molecule has 0 aromatic carbocycles. The van der Waals surface area contributed by atoms with E-state index < -0.39 is 0 Å². The van der Waals surface area contributed by atoms with E-state index in [4.69, 9.17) is 5.11 Å². The Balaban J connectivity index is 0.000000542. The number of hydrogen-bond donors (Lipinski definition) is 2. The molecule has 0 heterocycles. The summed E-state index contributed by atoms with van der Waals surface area (Å²) in [7, 11) is 0.628. The van der Waals surface area contributed by atoms with Crippen LogP contribution in [0, 0.1) is 34.0 Å². The molecule has 2 N–H and O–H groups in total. The zero-order chi connectivity index (χ0) is 24.7. The molecule has 2 unspecified atom stereocenters. The van der Waals surface area contributed by atoms with Gasteiger partial charge >= 0.3 is 49.4 Å². The molecule has 0 aromatic rings. The molecule has 33 heavy (non-hydrogen) atoms. The minimum absolute atomic E-state index is 0. The molecular formula is C27H46I2O2V2. The van der Waals surface area contributed by atoms with Crippen molar-refractivity contribution in [2.24, 2.45) is 34.0 Å². The van der Waals surface area contributed by atoms with Crippen LogP contribution in [-0.2, 0) is 28.0 Å². The van der Waals surface area contributed by atoms with Gasteiger partial charge < -0.3 is 10.2 Å². The molecule has 0 amide bonds. The third-order valence-electron chi connectivity index (χ3n) is 8.96. The fourth-order valence-electron chi connectivity index (χ4n) is 5.00. The summed E-state index contributed by atoms with van der Waals surface area (Å²) in [4.78, 5) is 0. The van der Waals surface area contributed by atoms with E-state index in [0.717, 1.165) is 23.8 Å². The number of aliphatic hydroxyl groups is 2. The van der Waals surface area contributed by atoms with E-state index in [2.05, 4.69) is 107 Å². The molecule has 1 saturated carbocycles. The molecule has 0 aliphatic heterocycles. The Morgan fingerprint density at radius 2 is 1.42 bits per heavy atom. The SMILES string of the molecule is CC1=CC[C@H](C/C=C(\C)CO)C1(C)C.CC1=CC[C@H](CC2CC2(C)CO)C1(C)C.[I][V][I].[V].